The minimum absolute atomic E-state index is 0.117. The molecular formula is C15H8BNO2. The number of pyridine rings is 1. The predicted molar refractivity (Wildman–Crippen MR) is 77.2 cm³/mol. The van der Waals surface area contributed by atoms with Crippen LogP contribution in [0.2, 0.25) is 0 Å². The second-order valence-corrected chi connectivity index (χ2v) is 4.56. The summed E-state index contributed by atoms with van der Waals surface area (Å²) in [5.41, 5.74) is 2.63. The SMILES string of the molecule is [B]c1ccc2oc3c4ccccc4c(=O)[nH]c3c2c1. The fourth-order valence-corrected chi connectivity index (χ4v) is 2.49. The second-order valence-electron chi connectivity index (χ2n) is 4.56. The van der Waals surface area contributed by atoms with Gasteiger partial charge in [0.2, 0.25) is 0 Å². The number of H-pyrrole nitrogens is 1. The maximum Gasteiger partial charge on any atom is 0.256 e. The number of hydrogen-bond donors (Lipinski definition) is 1. The molecule has 0 saturated carbocycles. The molecule has 1 N–H and O–H groups in total. The molecular weight excluding hydrogens is 237 g/mol. The van der Waals surface area contributed by atoms with Crippen molar-refractivity contribution in [1.29, 1.82) is 0 Å². The fraction of sp³-hybridized carbons (Fsp3) is 0. The number of aromatic amines is 1. The molecule has 0 fully saturated rings. The molecule has 0 aliphatic carbocycles. The summed E-state index contributed by atoms with van der Waals surface area (Å²) < 4.78 is 5.85. The van der Waals surface area contributed by atoms with E-state index in [2.05, 4.69) is 4.98 Å². The molecule has 0 saturated heterocycles. The van der Waals surface area contributed by atoms with E-state index in [0.717, 1.165) is 16.4 Å². The van der Waals surface area contributed by atoms with Gasteiger partial charge in [-0.1, -0.05) is 35.8 Å². The van der Waals surface area contributed by atoms with Gasteiger partial charge in [-0.15, -0.1) is 0 Å². The molecule has 88 valence electrons. The molecule has 4 aromatic rings. The van der Waals surface area contributed by atoms with E-state index in [1.165, 1.54) is 0 Å². The summed E-state index contributed by atoms with van der Waals surface area (Å²) >= 11 is 0. The van der Waals surface area contributed by atoms with Crippen LogP contribution < -0.4 is 11.0 Å². The van der Waals surface area contributed by atoms with Crippen LogP contribution in [0.5, 0.6) is 0 Å². The lowest BCUT2D eigenvalue weighted by atomic mass is 9.95. The minimum Gasteiger partial charge on any atom is -0.454 e. The van der Waals surface area contributed by atoms with E-state index in [1.54, 1.807) is 12.1 Å². The molecule has 0 bridgehead atoms. The van der Waals surface area contributed by atoms with Crippen LogP contribution in [0.15, 0.2) is 51.7 Å². The van der Waals surface area contributed by atoms with Crippen LogP contribution in [-0.4, -0.2) is 12.8 Å². The van der Waals surface area contributed by atoms with E-state index in [0.29, 0.717) is 21.9 Å². The second kappa shape index (κ2) is 3.51. The molecule has 0 unspecified atom stereocenters. The Morgan fingerprint density at radius 2 is 1.79 bits per heavy atom. The monoisotopic (exact) mass is 245 g/mol. The van der Waals surface area contributed by atoms with Gasteiger partial charge in [0, 0.05) is 10.8 Å². The highest BCUT2D eigenvalue weighted by molar-refractivity contribution is 6.33. The van der Waals surface area contributed by atoms with E-state index in [4.69, 9.17) is 12.3 Å². The van der Waals surface area contributed by atoms with Crippen LogP contribution in [0.25, 0.3) is 32.8 Å². The van der Waals surface area contributed by atoms with Crippen LogP contribution in [-0.2, 0) is 0 Å². The Morgan fingerprint density at radius 3 is 2.63 bits per heavy atom. The van der Waals surface area contributed by atoms with Gasteiger partial charge in [-0.2, -0.15) is 0 Å². The molecule has 0 aliphatic heterocycles. The maximum atomic E-state index is 12.1. The standard InChI is InChI=1S/C15H8BNO2/c16-8-5-6-12-11(7-8)13-14(19-12)9-3-1-2-4-10(9)15(18)17-13/h1-7H,(H,17,18). The van der Waals surface area contributed by atoms with Crippen molar-refractivity contribution in [3.63, 3.8) is 0 Å². The zero-order valence-electron chi connectivity index (χ0n) is 9.94. The fourth-order valence-electron chi connectivity index (χ4n) is 2.49. The lowest BCUT2D eigenvalue weighted by molar-refractivity contribution is 0.672. The number of nitrogens with one attached hydrogen (secondary N) is 1. The number of benzene rings is 2. The average molecular weight is 245 g/mol. The van der Waals surface area contributed by atoms with Crippen molar-refractivity contribution in [2.75, 3.05) is 0 Å². The lowest BCUT2D eigenvalue weighted by Gasteiger charge is -1.97. The van der Waals surface area contributed by atoms with E-state index < -0.39 is 0 Å². The number of aromatic nitrogens is 1. The third kappa shape index (κ3) is 1.37. The van der Waals surface area contributed by atoms with Crippen molar-refractivity contribution in [1.82, 2.24) is 4.98 Å². The van der Waals surface area contributed by atoms with Crippen molar-refractivity contribution in [2.45, 2.75) is 0 Å². The molecule has 0 spiro atoms. The smallest absolute Gasteiger partial charge is 0.256 e. The van der Waals surface area contributed by atoms with Crippen LogP contribution in [0, 0.1) is 0 Å². The Kier molecular flexibility index (Phi) is 1.93. The topological polar surface area (TPSA) is 46.0 Å². The third-order valence-corrected chi connectivity index (χ3v) is 3.37. The zero-order valence-corrected chi connectivity index (χ0v) is 9.94. The molecule has 4 heteroatoms. The maximum absolute atomic E-state index is 12.1. The Labute approximate surface area is 109 Å². The molecule has 2 aromatic heterocycles. The average Bonchev–Trinajstić information content (AvgIpc) is 2.78. The molecule has 0 atom stereocenters. The van der Waals surface area contributed by atoms with Crippen molar-refractivity contribution in [3.8, 4) is 0 Å². The highest BCUT2D eigenvalue weighted by Crippen LogP contribution is 2.29. The normalized spacial score (nSPS) is 11.6. The summed E-state index contributed by atoms with van der Waals surface area (Å²) in [7, 11) is 5.79. The van der Waals surface area contributed by atoms with Gasteiger partial charge in [-0.05, 0) is 12.1 Å². The largest absolute Gasteiger partial charge is 0.454 e. The van der Waals surface area contributed by atoms with Crippen molar-refractivity contribution in [2.24, 2.45) is 0 Å². The molecule has 0 aliphatic rings. The molecule has 2 radical (unpaired) electrons. The molecule has 4 rings (SSSR count). The zero-order chi connectivity index (χ0) is 13.0. The molecule has 19 heavy (non-hydrogen) atoms. The first-order chi connectivity index (χ1) is 9.24. The molecule has 2 aromatic carbocycles. The summed E-state index contributed by atoms with van der Waals surface area (Å²) in [6.07, 6.45) is 0. The Hall–Kier alpha value is -2.49. The highest BCUT2D eigenvalue weighted by Gasteiger charge is 2.12. The number of rotatable bonds is 0. The Morgan fingerprint density at radius 1 is 1.00 bits per heavy atom. The van der Waals surface area contributed by atoms with Gasteiger partial charge in [0.05, 0.1) is 10.9 Å². The van der Waals surface area contributed by atoms with Gasteiger partial charge in [0.1, 0.15) is 13.4 Å². The quantitative estimate of drug-likeness (QED) is 0.483. The Balaban J connectivity index is 2.36. The number of fused-ring (bicyclic) bond motifs is 5. The molecule has 0 amide bonds. The van der Waals surface area contributed by atoms with Gasteiger partial charge >= 0.3 is 0 Å². The van der Waals surface area contributed by atoms with Crippen molar-refractivity contribution in [3.05, 3.63) is 52.8 Å². The van der Waals surface area contributed by atoms with E-state index in [9.17, 15) is 4.79 Å². The molecule has 2 heterocycles. The van der Waals surface area contributed by atoms with E-state index >= 15 is 0 Å². The van der Waals surface area contributed by atoms with Crippen LogP contribution in [0.3, 0.4) is 0 Å². The van der Waals surface area contributed by atoms with Gasteiger partial charge in [0.25, 0.3) is 5.56 Å². The summed E-state index contributed by atoms with van der Waals surface area (Å²) in [5.74, 6) is 0. The van der Waals surface area contributed by atoms with Gasteiger partial charge < -0.3 is 9.40 Å². The first-order valence-electron chi connectivity index (χ1n) is 5.97. The minimum atomic E-state index is -0.117. The van der Waals surface area contributed by atoms with Crippen molar-refractivity contribution >= 4 is 46.2 Å². The van der Waals surface area contributed by atoms with E-state index in [-0.39, 0.29) is 5.56 Å². The van der Waals surface area contributed by atoms with Crippen LogP contribution in [0.4, 0.5) is 0 Å². The summed E-state index contributed by atoms with van der Waals surface area (Å²) in [6.45, 7) is 0. The summed E-state index contributed by atoms with van der Waals surface area (Å²) in [5, 5.41) is 2.27. The van der Waals surface area contributed by atoms with Gasteiger partial charge in [-0.25, -0.2) is 0 Å². The predicted octanol–water partition coefficient (Wildman–Crippen LogP) is 2.22. The lowest BCUT2D eigenvalue weighted by Crippen LogP contribution is -2.05. The number of furan rings is 1. The summed E-state index contributed by atoms with van der Waals surface area (Å²) in [6, 6.07) is 12.8. The molecule has 3 nitrogen and oxygen atoms in total. The van der Waals surface area contributed by atoms with Crippen LogP contribution >= 0.6 is 0 Å². The summed E-state index contributed by atoms with van der Waals surface area (Å²) in [4.78, 5) is 15.0. The first-order valence-corrected chi connectivity index (χ1v) is 5.97. The Bertz CT molecular complexity index is 997. The van der Waals surface area contributed by atoms with Crippen molar-refractivity contribution < 1.29 is 4.42 Å². The van der Waals surface area contributed by atoms with Gasteiger partial charge in [-0.3, -0.25) is 4.79 Å². The van der Waals surface area contributed by atoms with E-state index in [1.807, 2.05) is 30.3 Å². The van der Waals surface area contributed by atoms with Gasteiger partial charge in [0.15, 0.2) is 5.58 Å². The third-order valence-electron chi connectivity index (χ3n) is 3.37. The van der Waals surface area contributed by atoms with Crippen LogP contribution in [0.1, 0.15) is 0 Å². The highest BCUT2D eigenvalue weighted by atomic mass is 16.3. The first kappa shape index (κ1) is 10.4. The number of hydrogen-bond acceptors (Lipinski definition) is 2.